The van der Waals surface area contributed by atoms with Crippen molar-refractivity contribution in [2.24, 2.45) is 0 Å². The SMILES string of the molecule is CC(=O)Oc1cccc2c1C=CC(c1ccccc1)(c1ccccc1)C2. The molecule has 0 fully saturated rings. The van der Waals surface area contributed by atoms with Crippen LogP contribution in [0.2, 0.25) is 0 Å². The second kappa shape index (κ2) is 6.64. The summed E-state index contributed by atoms with van der Waals surface area (Å²) >= 11 is 0. The van der Waals surface area contributed by atoms with Gasteiger partial charge in [-0.1, -0.05) is 84.9 Å². The van der Waals surface area contributed by atoms with Crippen LogP contribution in [0.25, 0.3) is 6.08 Å². The van der Waals surface area contributed by atoms with E-state index in [-0.39, 0.29) is 11.4 Å². The van der Waals surface area contributed by atoms with Crippen LogP contribution < -0.4 is 4.74 Å². The van der Waals surface area contributed by atoms with Crippen LogP contribution in [0.4, 0.5) is 0 Å². The zero-order chi connectivity index (χ0) is 18.0. The van der Waals surface area contributed by atoms with E-state index in [1.54, 1.807) is 0 Å². The minimum Gasteiger partial charge on any atom is -0.426 e. The average Bonchev–Trinajstić information content (AvgIpc) is 2.69. The summed E-state index contributed by atoms with van der Waals surface area (Å²) in [7, 11) is 0. The largest absolute Gasteiger partial charge is 0.426 e. The van der Waals surface area contributed by atoms with E-state index < -0.39 is 0 Å². The quantitative estimate of drug-likeness (QED) is 0.486. The van der Waals surface area contributed by atoms with Crippen molar-refractivity contribution in [1.82, 2.24) is 0 Å². The van der Waals surface area contributed by atoms with Gasteiger partial charge in [0, 0.05) is 17.9 Å². The van der Waals surface area contributed by atoms with E-state index >= 15 is 0 Å². The highest BCUT2D eigenvalue weighted by Crippen LogP contribution is 2.43. The number of rotatable bonds is 3. The Morgan fingerprint density at radius 2 is 1.46 bits per heavy atom. The van der Waals surface area contributed by atoms with Crippen molar-refractivity contribution in [1.29, 1.82) is 0 Å². The molecule has 2 heteroatoms. The molecule has 0 aliphatic heterocycles. The maximum atomic E-state index is 11.4. The lowest BCUT2D eigenvalue weighted by Gasteiger charge is -2.36. The highest BCUT2D eigenvalue weighted by molar-refractivity contribution is 5.74. The molecular weight excluding hydrogens is 320 g/mol. The van der Waals surface area contributed by atoms with Crippen molar-refractivity contribution < 1.29 is 9.53 Å². The highest BCUT2D eigenvalue weighted by atomic mass is 16.5. The number of allylic oxidation sites excluding steroid dienone is 1. The van der Waals surface area contributed by atoms with Crippen LogP contribution in [-0.2, 0) is 16.6 Å². The van der Waals surface area contributed by atoms with Crippen molar-refractivity contribution >= 4 is 12.0 Å². The van der Waals surface area contributed by atoms with Crippen molar-refractivity contribution in [2.75, 3.05) is 0 Å². The van der Waals surface area contributed by atoms with Gasteiger partial charge in [-0.15, -0.1) is 0 Å². The van der Waals surface area contributed by atoms with Crippen LogP contribution >= 0.6 is 0 Å². The van der Waals surface area contributed by atoms with Gasteiger partial charge in [0.2, 0.25) is 0 Å². The standard InChI is InChI=1S/C24H20O2/c1-18(25)26-23-14-8-9-19-17-24(16-15-22(19)23,20-10-4-2-5-11-20)21-12-6-3-7-13-21/h2-16H,17H2,1H3. The molecule has 0 heterocycles. The van der Waals surface area contributed by atoms with Crippen LogP contribution in [0.3, 0.4) is 0 Å². The molecule has 128 valence electrons. The Kier molecular flexibility index (Phi) is 4.18. The van der Waals surface area contributed by atoms with E-state index in [0.29, 0.717) is 5.75 Å². The molecule has 2 nitrogen and oxygen atoms in total. The number of hydrogen-bond acceptors (Lipinski definition) is 2. The van der Waals surface area contributed by atoms with Crippen LogP contribution in [0, 0.1) is 0 Å². The number of fused-ring (bicyclic) bond motifs is 1. The minimum absolute atomic E-state index is 0.232. The van der Waals surface area contributed by atoms with E-state index in [0.717, 1.165) is 12.0 Å². The number of esters is 1. The Labute approximate surface area is 153 Å². The van der Waals surface area contributed by atoms with Gasteiger partial charge in [-0.2, -0.15) is 0 Å². The van der Waals surface area contributed by atoms with E-state index in [1.165, 1.54) is 23.6 Å². The lowest BCUT2D eigenvalue weighted by atomic mass is 9.67. The van der Waals surface area contributed by atoms with Gasteiger partial charge in [-0.3, -0.25) is 4.79 Å². The third-order valence-corrected chi connectivity index (χ3v) is 4.99. The molecule has 0 radical (unpaired) electrons. The molecule has 0 atom stereocenters. The summed E-state index contributed by atoms with van der Waals surface area (Å²) in [4.78, 5) is 11.4. The normalized spacial score (nSPS) is 14.5. The predicted octanol–water partition coefficient (Wildman–Crippen LogP) is 5.17. The number of hydrogen-bond donors (Lipinski definition) is 0. The fraction of sp³-hybridized carbons (Fsp3) is 0.125. The van der Waals surface area contributed by atoms with Crippen LogP contribution in [-0.4, -0.2) is 5.97 Å². The van der Waals surface area contributed by atoms with Crippen molar-refractivity contribution in [3.05, 3.63) is 107 Å². The van der Waals surface area contributed by atoms with Gasteiger partial charge in [0.25, 0.3) is 0 Å². The molecule has 0 spiro atoms. The Morgan fingerprint density at radius 3 is 2.04 bits per heavy atom. The summed E-state index contributed by atoms with van der Waals surface area (Å²) in [5, 5.41) is 0. The lowest BCUT2D eigenvalue weighted by molar-refractivity contribution is -0.131. The van der Waals surface area contributed by atoms with Gasteiger partial charge in [0.15, 0.2) is 0 Å². The summed E-state index contributed by atoms with van der Waals surface area (Å²) in [5.74, 6) is 0.329. The minimum atomic E-state index is -0.297. The van der Waals surface area contributed by atoms with Crippen molar-refractivity contribution in [2.45, 2.75) is 18.8 Å². The summed E-state index contributed by atoms with van der Waals surface area (Å²) in [6.07, 6.45) is 5.16. The van der Waals surface area contributed by atoms with Crippen LogP contribution in [0.1, 0.15) is 29.2 Å². The molecule has 4 rings (SSSR count). The van der Waals surface area contributed by atoms with E-state index in [1.807, 2.05) is 24.3 Å². The van der Waals surface area contributed by atoms with Gasteiger partial charge in [-0.25, -0.2) is 0 Å². The van der Waals surface area contributed by atoms with Gasteiger partial charge >= 0.3 is 5.97 Å². The zero-order valence-corrected chi connectivity index (χ0v) is 14.7. The second-order valence-corrected chi connectivity index (χ2v) is 6.64. The lowest BCUT2D eigenvalue weighted by Crippen LogP contribution is -2.30. The molecular formula is C24H20O2. The smallest absolute Gasteiger partial charge is 0.308 e. The molecule has 3 aromatic rings. The number of carbonyl (C=O) groups excluding carboxylic acids is 1. The number of carbonyl (C=O) groups is 1. The maximum absolute atomic E-state index is 11.4. The van der Waals surface area contributed by atoms with Crippen molar-refractivity contribution in [3.63, 3.8) is 0 Å². The third-order valence-electron chi connectivity index (χ3n) is 4.99. The average molecular weight is 340 g/mol. The Morgan fingerprint density at radius 1 is 0.846 bits per heavy atom. The molecule has 0 saturated carbocycles. The Balaban J connectivity index is 1.87. The predicted molar refractivity (Wildman–Crippen MR) is 104 cm³/mol. The Hall–Kier alpha value is -3.13. The first-order valence-electron chi connectivity index (χ1n) is 8.80. The fourth-order valence-corrected chi connectivity index (χ4v) is 3.80. The summed E-state index contributed by atoms with van der Waals surface area (Å²) in [6, 6.07) is 27.1. The van der Waals surface area contributed by atoms with Gasteiger partial charge in [0.05, 0.1) is 0 Å². The van der Waals surface area contributed by atoms with Crippen LogP contribution in [0.15, 0.2) is 84.9 Å². The molecule has 1 aliphatic carbocycles. The fourth-order valence-electron chi connectivity index (χ4n) is 3.80. The summed E-state index contributed by atoms with van der Waals surface area (Å²) < 4.78 is 5.40. The second-order valence-electron chi connectivity index (χ2n) is 6.64. The third kappa shape index (κ3) is 2.84. The zero-order valence-electron chi connectivity index (χ0n) is 14.7. The van der Waals surface area contributed by atoms with Gasteiger partial charge in [-0.05, 0) is 29.2 Å². The first kappa shape index (κ1) is 16.3. The Bertz CT molecular complexity index is 917. The molecule has 26 heavy (non-hydrogen) atoms. The molecule has 0 unspecified atom stereocenters. The molecule has 0 amide bonds. The first-order valence-corrected chi connectivity index (χ1v) is 8.80. The topological polar surface area (TPSA) is 26.3 Å². The van der Waals surface area contributed by atoms with E-state index in [9.17, 15) is 4.79 Å². The monoisotopic (exact) mass is 340 g/mol. The van der Waals surface area contributed by atoms with Gasteiger partial charge < -0.3 is 4.74 Å². The number of ether oxygens (including phenoxy) is 1. The summed E-state index contributed by atoms with van der Waals surface area (Å²) in [5.41, 5.74) is 4.45. The molecule has 1 aliphatic rings. The van der Waals surface area contributed by atoms with Gasteiger partial charge in [0.1, 0.15) is 5.75 Å². The van der Waals surface area contributed by atoms with Crippen molar-refractivity contribution in [3.8, 4) is 5.75 Å². The number of benzene rings is 3. The molecule has 0 saturated heterocycles. The van der Waals surface area contributed by atoms with E-state index in [2.05, 4.69) is 66.7 Å². The molecule has 0 N–H and O–H groups in total. The summed E-state index contributed by atoms with van der Waals surface area (Å²) in [6.45, 7) is 1.43. The molecule has 0 bridgehead atoms. The molecule has 0 aromatic heterocycles. The van der Waals surface area contributed by atoms with E-state index in [4.69, 9.17) is 4.74 Å². The highest BCUT2D eigenvalue weighted by Gasteiger charge is 2.35. The first-order chi connectivity index (χ1) is 12.7. The van der Waals surface area contributed by atoms with Crippen LogP contribution in [0.5, 0.6) is 5.75 Å². The maximum Gasteiger partial charge on any atom is 0.308 e. The molecule has 3 aromatic carbocycles.